The zero-order chi connectivity index (χ0) is 20.5. The molecule has 2 saturated heterocycles. The molecular weight excluding hydrogens is 417 g/mol. The molecule has 4 rings (SSSR count). The van der Waals surface area contributed by atoms with E-state index in [1.54, 1.807) is 7.05 Å². The number of rotatable bonds is 5. The molecule has 1 aromatic heterocycles. The lowest BCUT2D eigenvalue weighted by molar-refractivity contribution is -0.124. The van der Waals surface area contributed by atoms with E-state index in [0.717, 1.165) is 32.5 Å². The zero-order valence-corrected chi connectivity index (χ0v) is 17.7. The van der Waals surface area contributed by atoms with Crippen molar-refractivity contribution in [2.75, 3.05) is 45.1 Å². The number of anilines is 1. The van der Waals surface area contributed by atoms with Gasteiger partial charge in [-0.2, -0.15) is 0 Å². The molecule has 2 amide bonds. The van der Waals surface area contributed by atoms with Crippen molar-refractivity contribution in [2.45, 2.75) is 18.9 Å². The first-order valence-electron chi connectivity index (χ1n) is 9.66. The fraction of sp³-hybridized carbons (Fsp3) is 0.526. The molecule has 2 aromatic rings. The van der Waals surface area contributed by atoms with E-state index in [0.29, 0.717) is 34.5 Å². The van der Waals surface area contributed by atoms with Crippen molar-refractivity contribution >= 4 is 50.1 Å². The number of thiazole rings is 1. The summed E-state index contributed by atoms with van der Waals surface area (Å²) in [6.07, 6.45) is 1.79. The molecule has 2 aliphatic heterocycles. The maximum absolute atomic E-state index is 13.5. The Morgan fingerprint density at radius 3 is 2.90 bits per heavy atom. The number of nitrogens with zero attached hydrogens (tertiary/aromatic N) is 3. The third-order valence-corrected chi connectivity index (χ3v) is 6.77. The van der Waals surface area contributed by atoms with Crippen LogP contribution in [0, 0.1) is 11.7 Å². The number of piperidine rings is 1. The van der Waals surface area contributed by atoms with Gasteiger partial charge in [-0.15, -0.1) is 0 Å². The van der Waals surface area contributed by atoms with Crippen LogP contribution in [-0.2, 0) is 9.59 Å². The summed E-state index contributed by atoms with van der Waals surface area (Å²) < 4.78 is 14.1. The fourth-order valence-electron chi connectivity index (χ4n) is 3.95. The molecule has 29 heavy (non-hydrogen) atoms. The second kappa shape index (κ2) is 8.51. The monoisotopic (exact) mass is 439 g/mol. The SMILES string of the molecule is CNC(=O)CN1CC(N2CCCC(C(=O)Nc3nc4c(Cl)cc(F)cc4s3)C2)C1. The summed E-state index contributed by atoms with van der Waals surface area (Å²) in [7, 11) is 1.64. The third kappa shape index (κ3) is 4.53. The van der Waals surface area contributed by atoms with Crippen LogP contribution in [-0.4, -0.2) is 72.4 Å². The van der Waals surface area contributed by atoms with E-state index in [-0.39, 0.29) is 22.8 Å². The Bertz CT molecular complexity index is 933. The van der Waals surface area contributed by atoms with Gasteiger partial charge in [-0.25, -0.2) is 9.37 Å². The summed E-state index contributed by atoms with van der Waals surface area (Å²) >= 11 is 7.27. The molecule has 3 heterocycles. The summed E-state index contributed by atoms with van der Waals surface area (Å²) in [5, 5.41) is 6.20. The lowest BCUT2D eigenvalue weighted by Crippen LogP contribution is -2.62. The van der Waals surface area contributed by atoms with Gasteiger partial charge in [0, 0.05) is 32.7 Å². The van der Waals surface area contributed by atoms with Crippen LogP contribution in [0.3, 0.4) is 0 Å². The summed E-state index contributed by atoms with van der Waals surface area (Å²) in [6.45, 7) is 3.79. The second-order valence-corrected chi connectivity index (χ2v) is 9.04. The Labute approximate surface area is 177 Å². The molecule has 0 aliphatic carbocycles. The van der Waals surface area contributed by atoms with Crippen LogP contribution in [0.1, 0.15) is 12.8 Å². The van der Waals surface area contributed by atoms with Crippen LogP contribution in [0.15, 0.2) is 12.1 Å². The highest BCUT2D eigenvalue weighted by atomic mass is 35.5. The van der Waals surface area contributed by atoms with Crippen molar-refractivity contribution < 1.29 is 14.0 Å². The Balaban J connectivity index is 1.34. The maximum Gasteiger partial charge on any atom is 0.233 e. The molecule has 2 aliphatic rings. The first kappa shape index (κ1) is 20.5. The van der Waals surface area contributed by atoms with Crippen LogP contribution >= 0.6 is 22.9 Å². The van der Waals surface area contributed by atoms with Gasteiger partial charge < -0.3 is 10.6 Å². The first-order valence-corrected chi connectivity index (χ1v) is 10.9. The number of amides is 2. The van der Waals surface area contributed by atoms with Crippen LogP contribution in [0.5, 0.6) is 0 Å². The second-order valence-electron chi connectivity index (χ2n) is 7.60. The number of halogens is 2. The predicted octanol–water partition coefficient (Wildman–Crippen LogP) is 2.17. The van der Waals surface area contributed by atoms with Gasteiger partial charge in [0.2, 0.25) is 11.8 Å². The summed E-state index contributed by atoms with van der Waals surface area (Å²) in [5.41, 5.74) is 0.504. The molecule has 0 spiro atoms. The maximum atomic E-state index is 13.5. The van der Waals surface area contributed by atoms with E-state index >= 15 is 0 Å². The van der Waals surface area contributed by atoms with E-state index in [1.165, 1.54) is 23.5 Å². The van der Waals surface area contributed by atoms with Crippen LogP contribution in [0.2, 0.25) is 5.02 Å². The Morgan fingerprint density at radius 1 is 1.34 bits per heavy atom. The van der Waals surface area contributed by atoms with Gasteiger partial charge in [-0.3, -0.25) is 19.4 Å². The Kier molecular flexibility index (Phi) is 6.00. The van der Waals surface area contributed by atoms with Gasteiger partial charge in [0.25, 0.3) is 0 Å². The molecule has 0 radical (unpaired) electrons. The molecule has 2 N–H and O–H groups in total. The molecule has 156 valence electrons. The standard InChI is InChI=1S/C19H23ClFN5O2S/c1-22-16(27)10-25-8-13(9-25)26-4-2-3-11(7-26)18(28)24-19-23-17-14(20)5-12(21)6-15(17)29-19/h5-6,11,13H,2-4,7-10H2,1H3,(H,22,27)(H,23,24,28). The lowest BCUT2D eigenvalue weighted by Gasteiger charge is -2.47. The van der Waals surface area contributed by atoms with Gasteiger partial charge in [0.1, 0.15) is 11.3 Å². The van der Waals surface area contributed by atoms with E-state index in [4.69, 9.17) is 11.6 Å². The molecule has 7 nitrogen and oxygen atoms in total. The quantitative estimate of drug-likeness (QED) is 0.746. The molecule has 0 bridgehead atoms. The van der Waals surface area contributed by atoms with Gasteiger partial charge in [-0.1, -0.05) is 22.9 Å². The first-order chi connectivity index (χ1) is 13.9. The minimum Gasteiger partial charge on any atom is -0.358 e. The number of fused-ring (bicyclic) bond motifs is 1. The Hall–Kier alpha value is -1.81. The minimum absolute atomic E-state index is 0.0233. The number of aromatic nitrogens is 1. The van der Waals surface area contributed by atoms with Gasteiger partial charge in [0.15, 0.2) is 5.13 Å². The van der Waals surface area contributed by atoms with Crippen molar-refractivity contribution in [3.63, 3.8) is 0 Å². The number of likely N-dealkylation sites (N-methyl/N-ethyl adjacent to an activating group) is 1. The summed E-state index contributed by atoms with van der Waals surface area (Å²) in [5.74, 6) is -0.573. The normalized spacial score (nSPS) is 21.1. The highest BCUT2D eigenvalue weighted by molar-refractivity contribution is 7.22. The van der Waals surface area contributed by atoms with E-state index in [1.807, 2.05) is 0 Å². The highest BCUT2D eigenvalue weighted by Gasteiger charge is 2.36. The summed E-state index contributed by atoms with van der Waals surface area (Å²) in [6, 6.07) is 2.98. The number of likely N-dealkylation sites (tertiary alicyclic amines) is 2. The van der Waals surface area contributed by atoms with Crippen molar-refractivity contribution in [3.8, 4) is 0 Å². The van der Waals surface area contributed by atoms with E-state index in [2.05, 4.69) is 25.4 Å². The molecule has 1 aromatic carbocycles. The van der Waals surface area contributed by atoms with Crippen molar-refractivity contribution in [3.05, 3.63) is 23.0 Å². The number of nitrogens with one attached hydrogen (secondary N) is 2. The van der Waals surface area contributed by atoms with Crippen molar-refractivity contribution in [2.24, 2.45) is 5.92 Å². The van der Waals surface area contributed by atoms with E-state index < -0.39 is 5.82 Å². The number of hydrogen-bond donors (Lipinski definition) is 2. The van der Waals surface area contributed by atoms with Crippen molar-refractivity contribution in [1.82, 2.24) is 20.1 Å². The van der Waals surface area contributed by atoms with Crippen LogP contribution in [0.4, 0.5) is 9.52 Å². The third-order valence-electron chi connectivity index (χ3n) is 5.57. The number of carbonyl (C=O) groups is 2. The minimum atomic E-state index is -0.419. The molecular formula is C19H23ClFN5O2S. The molecule has 0 saturated carbocycles. The average molecular weight is 440 g/mol. The van der Waals surface area contributed by atoms with Crippen LogP contribution < -0.4 is 10.6 Å². The zero-order valence-electron chi connectivity index (χ0n) is 16.1. The van der Waals surface area contributed by atoms with Crippen LogP contribution in [0.25, 0.3) is 10.2 Å². The average Bonchev–Trinajstić information content (AvgIpc) is 3.06. The fourth-order valence-corrected chi connectivity index (χ4v) is 5.18. The highest BCUT2D eigenvalue weighted by Crippen LogP contribution is 2.32. The molecule has 2 fully saturated rings. The van der Waals surface area contributed by atoms with Gasteiger partial charge in [0.05, 0.1) is 22.2 Å². The lowest BCUT2D eigenvalue weighted by atomic mass is 9.94. The van der Waals surface area contributed by atoms with Crippen molar-refractivity contribution in [1.29, 1.82) is 0 Å². The van der Waals surface area contributed by atoms with Gasteiger partial charge in [-0.05, 0) is 31.5 Å². The molecule has 10 heteroatoms. The van der Waals surface area contributed by atoms with E-state index in [9.17, 15) is 14.0 Å². The Morgan fingerprint density at radius 2 is 2.14 bits per heavy atom. The predicted molar refractivity (Wildman–Crippen MR) is 112 cm³/mol. The molecule has 1 unspecified atom stereocenters. The summed E-state index contributed by atoms with van der Waals surface area (Å²) in [4.78, 5) is 33.0. The molecule has 1 atom stereocenters. The van der Waals surface area contributed by atoms with Gasteiger partial charge >= 0.3 is 0 Å². The smallest absolute Gasteiger partial charge is 0.233 e. The number of carbonyl (C=O) groups excluding carboxylic acids is 2. The largest absolute Gasteiger partial charge is 0.358 e. The number of benzene rings is 1. The number of hydrogen-bond acceptors (Lipinski definition) is 6. The topological polar surface area (TPSA) is 77.6 Å².